The predicted octanol–water partition coefficient (Wildman–Crippen LogP) is 1.34. The molecule has 2 heterocycles. The van der Waals surface area contributed by atoms with Crippen molar-refractivity contribution in [2.75, 3.05) is 11.6 Å². The van der Waals surface area contributed by atoms with Gasteiger partial charge in [0.2, 0.25) is 11.1 Å². The quantitative estimate of drug-likeness (QED) is 0.498. The minimum absolute atomic E-state index is 0.133. The maximum atomic E-state index is 12.9. The van der Waals surface area contributed by atoms with Crippen molar-refractivity contribution < 1.29 is 9.18 Å². The highest BCUT2D eigenvalue weighted by Crippen LogP contribution is 2.17. The summed E-state index contributed by atoms with van der Waals surface area (Å²) in [6, 6.07) is 7.87. The van der Waals surface area contributed by atoms with Gasteiger partial charge in [0.05, 0.1) is 11.4 Å². The molecule has 8 nitrogen and oxygen atoms in total. The first-order valence-electron chi connectivity index (χ1n) is 7.82. The number of carbonyl (C=O) groups excluding carboxylic acids is 1. The molecule has 0 radical (unpaired) electrons. The monoisotopic (exact) mass is 375 g/mol. The predicted molar refractivity (Wildman–Crippen MR) is 95.7 cm³/mol. The number of nitrogens with one attached hydrogen (secondary N) is 1. The molecule has 0 aliphatic carbocycles. The van der Waals surface area contributed by atoms with Crippen molar-refractivity contribution in [2.24, 2.45) is 0 Å². The van der Waals surface area contributed by atoms with Crippen molar-refractivity contribution in [1.82, 2.24) is 30.0 Å². The first kappa shape index (κ1) is 17.9. The van der Waals surface area contributed by atoms with Crippen LogP contribution in [0.2, 0.25) is 0 Å². The molecule has 136 valence electrons. The summed E-state index contributed by atoms with van der Waals surface area (Å²) in [6.45, 7) is 4.10. The lowest BCUT2D eigenvalue weighted by Crippen LogP contribution is -2.25. The number of carbonyl (C=O) groups is 1. The Morgan fingerprint density at radius 2 is 2.00 bits per heavy atom. The molecule has 2 aromatic heterocycles. The highest BCUT2D eigenvalue weighted by Gasteiger charge is 2.16. The number of nitrogens with two attached hydrogens (primary N) is 1. The fourth-order valence-corrected chi connectivity index (χ4v) is 3.01. The maximum Gasteiger partial charge on any atom is 0.271 e. The van der Waals surface area contributed by atoms with Crippen LogP contribution in [-0.4, -0.2) is 36.3 Å². The first-order chi connectivity index (χ1) is 12.4. The molecular formula is C16H18FN7OS. The number of halogens is 1. The summed E-state index contributed by atoms with van der Waals surface area (Å²) in [5.41, 5.74) is 2.55. The highest BCUT2D eigenvalue weighted by atomic mass is 32.2. The van der Waals surface area contributed by atoms with Crippen LogP contribution in [-0.2, 0) is 11.3 Å². The number of nitrogen functional groups attached to an aromatic ring is 1. The van der Waals surface area contributed by atoms with E-state index in [1.807, 2.05) is 19.9 Å². The third kappa shape index (κ3) is 4.02. The van der Waals surface area contributed by atoms with Crippen LogP contribution < -0.4 is 11.2 Å². The van der Waals surface area contributed by atoms with Crippen molar-refractivity contribution in [3.63, 3.8) is 0 Å². The van der Waals surface area contributed by atoms with E-state index >= 15 is 0 Å². The lowest BCUT2D eigenvalue weighted by Gasteiger charge is -2.06. The second-order valence-electron chi connectivity index (χ2n) is 5.68. The van der Waals surface area contributed by atoms with E-state index in [0.29, 0.717) is 17.6 Å². The average Bonchev–Trinajstić information content (AvgIpc) is 3.13. The van der Waals surface area contributed by atoms with Crippen LogP contribution >= 0.6 is 11.8 Å². The largest absolute Gasteiger partial charge is 0.351 e. The number of amides is 1. The van der Waals surface area contributed by atoms with E-state index in [1.165, 1.54) is 28.6 Å². The van der Waals surface area contributed by atoms with Gasteiger partial charge in [-0.1, -0.05) is 23.9 Å². The fourth-order valence-electron chi connectivity index (χ4n) is 2.33. The zero-order chi connectivity index (χ0) is 18.7. The van der Waals surface area contributed by atoms with Gasteiger partial charge in [0.1, 0.15) is 5.82 Å². The Hall–Kier alpha value is -2.88. The van der Waals surface area contributed by atoms with E-state index < -0.39 is 0 Å². The molecule has 1 aromatic carbocycles. The Morgan fingerprint density at radius 3 is 2.65 bits per heavy atom. The Balaban J connectivity index is 1.57. The second kappa shape index (κ2) is 7.56. The lowest BCUT2D eigenvalue weighted by molar-refractivity contribution is -0.118. The van der Waals surface area contributed by atoms with Crippen molar-refractivity contribution >= 4 is 17.7 Å². The Kier molecular flexibility index (Phi) is 5.21. The number of thioether (sulfide) groups is 1. The number of benzene rings is 1. The molecule has 10 heteroatoms. The van der Waals surface area contributed by atoms with Gasteiger partial charge >= 0.3 is 0 Å². The molecule has 3 N–H and O–H groups in total. The summed E-state index contributed by atoms with van der Waals surface area (Å²) in [5, 5.41) is 15.5. The topological polar surface area (TPSA) is 104 Å². The average molecular weight is 375 g/mol. The number of hydrogen-bond donors (Lipinski definition) is 2. The molecule has 0 saturated carbocycles. The molecule has 1 amide bonds. The smallest absolute Gasteiger partial charge is 0.271 e. The molecule has 0 unspecified atom stereocenters. The molecular weight excluding hydrogens is 357 g/mol. The number of nitrogens with zero attached hydrogens (tertiary/aromatic N) is 5. The van der Waals surface area contributed by atoms with Crippen LogP contribution in [0.25, 0.3) is 5.95 Å². The number of hydrogen-bond acceptors (Lipinski definition) is 6. The van der Waals surface area contributed by atoms with Gasteiger partial charge in [-0.2, -0.15) is 5.10 Å². The molecule has 3 rings (SSSR count). The third-order valence-corrected chi connectivity index (χ3v) is 4.52. The Bertz CT molecular complexity index is 919. The summed E-state index contributed by atoms with van der Waals surface area (Å²) in [4.78, 5) is 12.0. The highest BCUT2D eigenvalue weighted by molar-refractivity contribution is 7.99. The molecule has 3 aromatic rings. The molecule has 0 aliphatic heterocycles. The fraction of sp³-hybridized carbons (Fsp3) is 0.250. The lowest BCUT2D eigenvalue weighted by atomic mass is 10.2. The first-order valence-corrected chi connectivity index (χ1v) is 8.80. The van der Waals surface area contributed by atoms with Gasteiger partial charge < -0.3 is 11.2 Å². The zero-order valence-electron chi connectivity index (χ0n) is 14.3. The van der Waals surface area contributed by atoms with Gasteiger partial charge in [0.15, 0.2) is 0 Å². The van der Waals surface area contributed by atoms with E-state index in [1.54, 1.807) is 16.8 Å². The van der Waals surface area contributed by atoms with E-state index in [-0.39, 0.29) is 17.5 Å². The maximum absolute atomic E-state index is 12.9. The molecule has 26 heavy (non-hydrogen) atoms. The molecule has 0 spiro atoms. The SMILES string of the molecule is Cc1cc(C)n(-c2nnc(SCC(=O)NCc3ccc(F)cc3)n2N)n1. The zero-order valence-corrected chi connectivity index (χ0v) is 15.1. The van der Waals surface area contributed by atoms with Gasteiger partial charge in [-0.15, -0.1) is 10.2 Å². The number of aromatic nitrogens is 5. The van der Waals surface area contributed by atoms with Crippen LogP contribution in [0.15, 0.2) is 35.5 Å². The second-order valence-corrected chi connectivity index (χ2v) is 6.63. The van der Waals surface area contributed by atoms with Gasteiger partial charge in [-0.3, -0.25) is 4.79 Å². The Labute approximate surface area is 153 Å². The summed E-state index contributed by atoms with van der Waals surface area (Å²) in [7, 11) is 0. The minimum Gasteiger partial charge on any atom is -0.351 e. The summed E-state index contributed by atoms with van der Waals surface area (Å²) < 4.78 is 15.8. The normalized spacial score (nSPS) is 10.9. The van der Waals surface area contributed by atoms with Crippen molar-refractivity contribution in [3.8, 4) is 5.95 Å². The molecule has 0 aliphatic rings. The summed E-state index contributed by atoms with van der Waals surface area (Å²) in [6.07, 6.45) is 0. The van der Waals surface area contributed by atoms with E-state index in [0.717, 1.165) is 17.0 Å². The minimum atomic E-state index is -0.309. The molecule has 0 bridgehead atoms. The van der Waals surface area contributed by atoms with Crippen LogP contribution in [0.4, 0.5) is 4.39 Å². The van der Waals surface area contributed by atoms with Crippen LogP contribution in [0, 0.1) is 19.7 Å². The van der Waals surface area contributed by atoms with Gasteiger partial charge in [-0.05, 0) is 37.6 Å². The Morgan fingerprint density at radius 1 is 1.27 bits per heavy atom. The van der Waals surface area contributed by atoms with Gasteiger partial charge in [0, 0.05) is 12.2 Å². The van der Waals surface area contributed by atoms with E-state index in [9.17, 15) is 9.18 Å². The number of aryl methyl sites for hydroxylation is 2. The summed E-state index contributed by atoms with van der Waals surface area (Å²) >= 11 is 1.17. The van der Waals surface area contributed by atoms with Crippen molar-refractivity contribution in [3.05, 3.63) is 53.1 Å². The third-order valence-electron chi connectivity index (χ3n) is 3.58. The molecule has 0 saturated heterocycles. The number of rotatable bonds is 6. The van der Waals surface area contributed by atoms with Crippen molar-refractivity contribution in [1.29, 1.82) is 0 Å². The van der Waals surface area contributed by atoms with Gasteiger partial charge in [0.25, 0.3) is 5.95 Å². The van der Waals surface area contributed by atoms with E-state index in [4.69, 9.17) is 5.84 Å². The van der Waals surface area contributed by atoms with E-state index in [2.05, 4.69) is 20.6 Å². The van der Waals surface area contributed by atoms with Crippen molar-refractivity contribution in [2.45, 2.75) is 25.5 Å². The van der Waals surface area contributed by atoms with Crippen LogP contribution in [0.5, 0.6) is 0 Å². The molecule has 0 atom stereocenters. The standard InChI is InChI=1S/C16H18FN7OS/c1-10-7-11(2)24(22-10)15-20-21-16(23(15)18)26-9-14(25)19-8-12-3-5-13(17)6-4-12/h3-7H,8-9,18H2,1-2H3,(H,19,25). The van der Waals surface area contributed by atoms with Gasteiger partial charge in [-0.25, -0.2) is 13.7 Å². The van der Waals surface area contributed by atoms with Crippen LogP contribution in [0.3, 0.4) is 0 Å². The summed E-state index contributed by atoms with van der Waals surface area (Å²) in [5.74, 6) is 6.04. The molecule has 0 fully saturated rings. The van der Waals surface area contributed by atoms with Crippen LogP contribution in [0.1, 0.15) is 17.0 Å².